The summed E-state index contributed by atoms with van der Waals surface area (Å²) in [5, 5.41) is 15.5. The number of nitrogens with one attached hydrogen (secondary N) is 2. The third-order valence-corrected chi connectivity index (χ3v) is 8.49. The highest BCUT2D eigenvalue weighted by atomic mass is 16.3. The molecule has 0 radical (unpaired) electrons. The van der Waals surface area contributed by atoms with Crippen LogP contribution in [0, 0.1) is 34.6 Å². The highest BCUT2D eigenvalue weighted by Gasteiger charge is 2.27. The summed E-state index contributed by atoms with van der Waals surface area (Å²) < 4.78 is 0. The maximum atomic E-state index is 12.1. The van der Waals surface area contributed by atoms with Gasteiger partial charge in [0.2, 0.25) is 0 Å². The van der Waals surface area contributed by atoms with Gasteiger partial charge in [0.25, 0.3) is 11.8 Å². The highest BCUT2D eigenvalue weighted by molar-refractivity contribution is 6.31. The molecule has 2 heterocycles. The van der Waals surface area contributed by atoms with Crippen LogP contribution in [0.15, 0.2) is 78.4 Å². The Labute approximate surface area is 284 Å². The normalized spacial score (nSPS) is 12.9. The number of aromatic hydroxyl groups is 1. The van der Waals surface area contributed by atoms with Crippen molar-refractivity contribution in [3.05, 3.63) is 117 Å². The van der Waals surface area contributed by atoms with E-state index in [4.69, 9.17) is 15.0 Å². The molecule has 0 bridgehead atoms. The average Bonchev–Trinajstić information content (AvgIpc) is 3.04. The van der Waals surface area contributed by atoms with Crippen molar-refractivity contribution in [2.45, 2.75) is 41.2 Å². The summed E-state index contributed by atoms with van der Waals surface area (Å²) in [7, 11) is 1.95. The van der Waals surface area contributed by atoms with Gasteiger partial charge in [-0.25, -0.2) is 19.7 Å². The Bertz CT molecular complexity index is 2100. The van der Waals surface area contributed by atoms with E-state index in [9.17, 15) is 19.5 Å². The van der Waals surface area contributed by atoms with Crippen molar-refractivity contribution in [1.82, 2.24) is 25.6 Å². The van der Waals surface area contributed by atoms with Crippen LogP contribution < -0.4 is 15.5 Å². The lowest BCUT2D eigenvalue weighted by atomic mass is 10.0. The summed E-state index contributed by atoms with van der Waals surface area (Å²) in [5.74, 6) is 0.0529. The second-order valence-corrected chi connectivity index (χ2v) is 12.5. The molecule has 49 heavy (non-hydrogen) atoms. The smallest absolute Gasteiger partial charge is 0.328 e. The molecule has 5 aromatic rings. The Kier molecular flexibility index (Phi) is 8.80. The van der Waals surface area contributed by atoms with Gasteiger partial charge in [-0.15, -0.1) is 0 Å². The molecule has 0 aliphatic carbocycles. The molecule has 1 aromatic heterocycles. The quantitative estimate of drug-likeness (QED) is 0.134. The van der Waals surface area contributed by atoms with Gasteiger partial charge >= 0.3 is 6.03 Å². The number of barbiturate groups is 1. The van der Waals surface area contributed by atoms with Gasteiger partial charge in [-0.1, -0.05) is 65.7 Å². The van der Waals surface area contributed by atoms with Crippen molar-refractivity contribution in [2.75, 3.05) is 11.9 Å². The van der Waals surface area contributed by atoms with E-state index in [1.807, 2.05) is 95.1 Å². The van der Waals surface area contributed by atoms with Crippen molar-refractivity contribution < 1.29 is 19.5 Å². The first kappa shape index (κ1) is 32.8. The minimum Gasteiger partial charge on any atom is -0.507 e. The molecular formula is C39H36N6O4. The zero-order valence-corrected chi connectivity index (χ0v) is 28.2. The van der Waals surface area contributed by atoms with E-state index in [1.165, 1.54) is 6.08 Å². The van der Waals surface area contributed by atoms with E-state index in [-0.39, 0.29) is 11.3 Å². The van der Waals surface area contributed by atoms with Crippen LogP contribution in [-0.4, -0.2) is 45.0 Å². The number of aryl methyl sites for hydroxylation is 5. The van der Waals surface area contributed by atoms with Crippen LogP contribution in [0.1, 0.15) is 38.9 Å². The zero-order chi connectivity index (χ0) is 35.0. The Hall–Kier alpha value is -6.16. The van der Waals surface area contributed by atoms with Gasteiger partial charge in [0.05, 0.1) is 5.56 Å². The molecule has 0 atom stereocenters. The van der Waals surface area contributed by atoms with E-state index in [0.29, 0.717) is 40.7 Å². The number of carbonyl (C=O) groups is 3. The van der Waals surface area contributed by atoms with Crippen LogP contribution in [0.4, 0.5) is 10.5 Å². The molecule has 3 N–H and O–H groups in total. The molecule has 10 nitrogen and oxygen atoms in total. The summed E-state index contributed by atoms with van der Waals surface area (Å²) in [4.78, 5) is 52.4. The third-order valence-electron chi connectivity index (χ3n) is 8.49. The first-order valence-electron chi connectivity index (χ1n) is 15.8. The fraction of sp³-hybridized carbons (Fsp3) is 0.179. The van der Waals surface area contributed by atoms with Crippen molar-refractivity contribution in [2.24, 2.45) is 0 Å². The highest BCUT2D eigenvalue weighted by Crippen LogP contribution is 2.35. The van der Waals surface area contributed by atoms with Gasteiger partial charge in [-0.3, -0.25) is 20.2 Å². The molecule has 0 saturated carbocycles. The summed E-state index contributed by atoms with van der Waals surface area (Å²) >= 11 is 0. The van der Waals surface area contributed by atoms with E-state index in [1.54, 1.807) is 12.1 Å². The maximum absolute atomic E-state index is 12.1. The van der Waals surface area contributed by atoms with Crippen molar-refractivity contribution in [1.29, 1.82) is 0 Å². The summed E-state index contributed by atoms with van der Waals surface area (Å²) in [6, 6.07) is 22.7. The van der Waals surface area contributed by atoms with Crippen LogP contribution in [0.2, 0.25) is 0 Å². The summed E-state index contributed by atoms with van der Waals surface area (Å²) in [6.45, 7) is 10.5. The predicted octanol–water partition coefficient (Wildman–Crippen LogP) is 6.51. The summed E-state index contributed by atoms with van der Waals surface area (Å²) in [5.41, 5.74) is 9.65. The third kappa shape index (κ3) is 6.94. The monoisotopic (exact) mass is 652 g/mol. The summed E-state index contributed by atoms with van der Waals surface area (Å²) in [6.07, 6.45) is 1.43. The number of amides is 4. The number of nitrogens with zero attached hydrogens (tertiary/aromatic N) is 4. The lowest BCUT2D eigenvalue weighted by molar-refractivity contribution is -0.123. The molecule has 1 saturated heterocycles. The molecular weight excluding hydrogens is 616 g/mol. The van der Waals surface area contributed by atoms with Crippen LogP contribution in [0.5, 0.6) is 5.75 Å². The van der Waals surface area contributed by atoms with Gasteiger partial charge in [0.1, 0.15) is 11.3 Å². The van der Waals surface area contributed by atoms with Gasteiger partial charge in [-0.05, 0) is 86.7 Å². The van der Waals surface area contributed by atoms with E-state index in [2.05, 4.69) is 22.8 Å². The zero-order valence-electron chi connectivity index (χ0n) is 28.2. The van der Waals surface area contributed by atoms with Gasteiger partial charge < -0.3 is 10.0 Å². The molecule has 1 aliphatic rings. The molecule has 4 aromatic carbocycles. The SMILES string of the molecule is Cc1ccc(-c2nc(-c3ccc(C)cc3C)nc(-c3cc(CN(C)c4ccc(C=C5C(=O)NC(=O)NC5=O)cc4)cc(C)c3O)n2)c(C)c1. The second-order valence-electron chi connectivity index (χ2n) is 12.5. The number of benzene rings is 4. The number of anilines is 1. The number of rotatable bonds is 7. The van der Waals surface area contributed by atoms with E-state index >= 15 is 0 Å². The number of urea groups is 1. The Morgan fingerprint density at radius 3 is 1.67 bits per heavy atom. The topological polar surface area (TPSA) is 137 Å². The number of hydrogen-bond donors (Lipinski definition) is 3. The Morgan fingerprint density at radius 2 is 1.16 bits per heavy atom. The number of carbonyl (C=O) groups excluding carboxylic acids is 3. The minimum absolute atomic E-state index is 0.102. The van der Waals surface area contributed by atoms with Crippen molar-refractivity contribution in [3.8, 4) is 39.9 Å². The van der Waals surface area contributed by atoms with Gasteiger partial charge in [0, 0.05) is 30.4 Å². The first-order chi connectivity index (χ1) is 23.4. The fourth-order valence-corrected chi connectivity index (χ4v) is 5.95. The van der Waals surface area contributed by atoms with Gasteiger partial charge in [-0.2, -0.15) is 0 Å². The standard InChI is InChI=1S/C39H36N6O4/c1-21-7-13-29(23(3)15-21)34-40-35(30-14-8-22(2)16-24(30)4)42-36(41-34)31-19-27(17-25(5)33(31)46)20-45(6)28-11-9-26(10-12-28)18-32-37(47)43-39(49)44-38(32)48/h7-19,46H,20H2,1-6H3,(H2,43,44,47,48,49). The van der Waals surface area contributed by atoms with E-state index in [0.717, 1.165) is 44.6 Å². The van der Waals surface area contributed by atoms with Crippen LogP contribution in [-0.2, 0) is 16.1 Å². The van der Waals surface area contributed by atoms with E-state index < -0.39 is 17.8 Å². The molecule has 1 fully saturated rings. The predicted molar refractivity (Wildman–Crippen MR) is 190 cm³/mol. The minimum atomic E-state index is -0.837. The lowest BCUT2D eigenvalue weighted by Crippen LogP contribution is -2.51. The van der Waals surface area contributed by atoms with Crippen LogP contribution >= 0.6 is 0 Å². The molecule has 4 amide bonds. The van der Waals surface area contributed by atoms with Crippen LogP contribution in [0.3, 0.4) is 0 Å². The van der Waals surface area contributed by atoms with Crippen molar-refractivity contribution in [3.63, 3.8) is 0 Å². The lowest BCUT2D eigenvalue weighted by Gasteiger charge is -2.21. The number of aromatic nitrogens is 3. The molecule has 1 aliphatic heterocycles. The van der Waals surface area contributed by atoms with Crippen molar-refractivity contribution >= 4 is 29.6 Å². The Morgan fingerprint density at radius 1 is 0.653 bits per heavy atom. The second kappa shape index (κ2) is 13.2. The Balaban J connectivity index is 1.35. The number of phenolic OH excluding ortho intramolecular Hbond substituents is 1. The number of imide groups is 2. The first-order valence-corrected chi connectivity index (χ1v) is 15.8. The molecule has 10 heteroatoms. The molecule has 246 valence electrons. The average molecular weight is 653 g/mol. The molecule has 6 rings (SSSR count). The molecule has 0 spiro atoms. The molecule has 0 unspecified atom stereocenters. The number of phenols is 1. The fourth-order valence-electron chi connectivity index (χ4n) is 5.95. The largest absolute Gasteiger partial charge is 0.507 e. The number of hydrogen-bond acceptors (Lipinski definition) is 8. The van der Waals surface area contributed by atoms with Gasteiger partial charge in [0.15, 0.2) is 17.5 Å². The van der Waals surface area contributed by atoms with Crippen LogP contribution in [0.25, 0.3) is 40.2 Å². The maximum Gasteiger partial charge on any atom is 0.328 e.